The molecular weight excluding hydrogens is 368 g/mol. The molecule has 2 saturated heterocycles. The first-order valence-electron chi connectivity index (χ1n) is 8.49. The van der Waals surface area contributed by atoms with Crippen LogP contribution in [0.2, 0.25) is 0 Å². The fourth-order valence-electron chi connectivity index (χ4n) is 4.22. The number of carbonyl (C=O) groups excluding carboxylic acids is 3. The highest BCUT2D eigenvalue weighted by atomic mass is 32.2. The van der Waals surface area contributed by atoms with Crippen LogP contribution in [0.5, 0.6) is 0 Å². The molecule has 2 amide bonds. The van der Waals surface area contributed by atoms with Crippen molar-refractivity contribution in [3.63, 3.8) is 0 Å². The molecule has 5 rings (SSSR count). The Morgan fingerprint density at radius 1 is 0.852 bits per heavy atom. The van der Waals surface area contributed by atoms with E-state index in [0.29, 0.717) is 5.56 Å². The maximum absolute atomic E-state index is 13.1. The quantitative estimate of drug-likeness (QED) is 0.637. The summed E-state index contributed by atoms with van der Waals surface area (Å²) in [5, 5.41) is 2.68. The molecular formula is C19H14N2O5S. The van der Waals surface area contributed by atoms with Crippen molar-refractivity contribution in [2.75, 3.05) is 16.4 Å². The average Bonchev–Trinajstić information content (AvgIpc) is 3.08. The molecule has 2 atom stereocenters. The van der Waals surface area contributed by atoms with E-state index < -0.39 is 28.0 Å². The number of nitrogens with one attached hydrogen (secondary N) is 1. The van der Waals surface area contributed by atoms with E-state index in [1.807, 2.05) is 0 Å². The number of anilines is 1. The van der Waals surface area contributed by atoms with E-state index in [4.69, 9.17) is 0 Å². The van der Waals surface area contributed by atoms with Gasteiger partial charge in [0.05, 0.1) is 34.8 Å². The molecule has 1 aliphatic carbocycles. The summed E-state index contributed by atoms with van der Waals surface area (Å²) in [5.74, 6) is -0.908. The normalized spacial score (nSPS) is 25.0. The van der Waals surface area contributed by atoms with E-state index in [1.165, 1.54) is 4.90 Å². The standard InChI is InChI=1S/C19H14N2O5S/c22-17-10-4-1-2-5-11(10)18(23)16-12(17)6-3-7-14(16)21-15-9-27(25,26)8-13(15)20-19(21)24/h1-7,13,15H,8-9H2,(H,20,24). The van der Waals surface area contributed by atoms with E-state index in [1.54, 1.807) is 42.5 Å². The Labute approximate surface area is 154 Å². The molecule has 7 nitrogen and oxygen atoms in total. The Kier molecular flexibility index (Phi) is 3.16. The van der Waals surface area contributed by atoms with E-state index in [-0.39, 0.29) is 45.4 Å². The van der Waals surface area contributed by atoms with Gasteiger partial charge in [-0.3, -0.25) is 14.5 Å². The van der Waals surface area contributed by atoms with Crippen LogP contribution in [0.3, 0.4) is 0 Å². The summed E-state index contributed by atoms with van der Waals surface area (Å²) in [5.41, 5.74) is 1.29. The Morgan fingerprint density at radius 2 is 1.52 bits per heavy atom. The third kappa shape index (κ3) is 2.19. The van der Waals surface area contributed by atoms with Crippen molar-refractivity contribution in [3.05, 3.63) is 64.7 Å². The minimum Gasteiger partial charge on any atom is -0.332 e. The lowest BCUT2D eigenvalue weighted by Gasteiger charge is -2.27. The Hall–Kier alpha value is -3.00. The number of hydrogen-bond donors (Lipinski definition) is 1. The van der Waals surface area contributed by atoms with Gasteiger partial charge in [0, 0.05) is 16.7 Å². The van der Waals surface area contributed by atoms with Crippen LogP contribution in [-0.4, -0.2) is 49.6 Å². The smallest absolute Gasteiger partial charge is 0.322 e. The molecule has 0 saturated carbocycles. The van der Waals surface area contributed by atoms with Crippen LogP contribution in [-0.2, 0) is 9.84 Å². The summed E-state index contributed by atoms with van der Waals surface area (Å²) in [4.78, 5) is 39.9. The number of urea groups is 1. The first-order valence-corrected chi connectivity index (χ1v) is 10.3. The van der Waals surface area contributed by atoms with E-state index in [9.17, 15) is 22.8 Å². The van der Waals surface area contributed by atoms with E-state index in [0.717, 1.165) is 0 Å². The maximum Gasteiger partial charge on any atom is 0.322 e. The summed E-state index contributed by atoms with van der Waals surface area (Å²) in [6.45, 7) is 0. The predicted octanol–water partition coefficient (Wildman–Crippen LogP) is 1.16. The van der Waals surface area contributed by atoms with Crippen LogP contribution in [0.25, 0.3) is 0 Å². The number of benzene rings is 2. The molecule has 136 valence electrons. The van der Waals surface area contributed by atoms with E-state index in [2.05, 4.69) is 5.32 Å². The molecule has 8 heteroatoms. The second kappa shape index (κ2) is 5.26. The fraction of sp³-hybridized carbons (Fsp3) is 0.211. The molecule has 2 fully saturated rings. The number of hydrogen-bond acceptors (Lipinski definition) is 5. The van der Waals surface area contributed by atoms with Crippen molar-refractivity contribution < 1.29 is 22.8 Å². The van der Waals surface area contributed by atoms with Crippen molar-refractivity contribution in [2.45, 2.75) is 12.1 Å². The van der Waals surface area contributed by atoms with Crippen molar-refractivity contribution >= 4 is 33.1 Å². The highest BCUT2D eigenvalue weighted by molar-refractivity contribution is 7.91. The molecule has 0 radical (unpaired) electrons. The van der Waals surface area contributed by atoms with Gasteiger partial charge in [-0.2, -0.15) is 0 Å². The lowest BCUT2D eigenvalue weighted by atomic mass is 9.83. The topological polar surface area (TPSA) is 101 Å². The lowest BCUT2D eigenvalue weighted by molar-refractivity contribution is 0.0979. The van der Waals surface area contributed by atoms with Crippen LogP contribution in [0, 0.1) is 0 Å². The van der Waals surface area contributed by atoms with Gasteiger partial charge in [0.2, 0.25) is 0 Å². The third-order valence-corrected chi connectivity index (χ3v) is 7.09. The third-order valence-electron chi connectivity index (χ3n) is 5.37. The predicted molar refractivity (Wildman–Crippen MR) is 97.0 cm³/mol. The zero-order valence-corrected chi connectivity index (χ0v) is 14.8. The summed E-state index contributed by atoms with van der Waals surface area (Å²) in [6, 6.07) is 9.77. The summed E-state index contributed by atoms with van der Waals surface area (Å²) >= 11 is 0. The molecule has 0 aromatic heterocycles. The van der Waals surface area contributed by atoms with Crippen molar-refractivity contribution in [1.82, 2.24) is 5.32 Å². The van der Waals surface area contributed by atoms with Crippen LogP contribution in [0.1, 0.15) is 31.8 Å². The maximum atomic E-state index is 13.1. The Morgan fingerprint density at radius 3 is 2.26 bits per heavy atom. The summed E-state index contributed by atoms with van der Waals surface area (Å²) < 4.78 is 24.0. The van der Waals surface area contributed by atoms with Crippen LogP contribution < -0.4 is 10.2 Å². The lowest BCUT2D eigenvalue weighted by Crippen LogP contribution is -2.38. The van der Waals surface area contributed by atoms with Crippen molar-refractivity contribution in [1.29, 1.82) is 0 Å². The van der Waals surface area contributed by atoms with Crippen molar-refractivity contribution in [3.8, 4) is 0 Å². The number of ketones is 2. The second-order valence-corrected chi connectivity index (χ2v) is 9.13. The van der Waals surface area contributed by atoms with Gasteiger partial charge in [-0.1, -0.05) is 36.4 Å². The summed E-state index contributed by atoms with van der Waals surface area (Å²) in [7, 11) is -3.27. The Bertz CT molecular complexity index is 1150. The first-order chi connectivity index (χ1) is 12.9. The largest absolute Gasteiger partial charge is 0.332 e. The number of rotatable bonds is 1. The second-order valence-electron chi connectivity index (χ2n) is 6.97. The van der Waals surface area contributed by atoms with Gasteiger partial charge in [0.1, 0.15) is 0 Å². The molecule has 2 aromatic carbocycles. The van der Waals surface area contributed by atoms with Gasteiger partial charge in [0.25, 0.3) is 0 Å². The minimum atomic E-state index is -3.27. The molecule has 27 heavy (non-hydrogen) atoms. The number of amides is 2. The molecule has 2 unspecified atom stereocenters. The Balaban J connectivity index is 1.69. The van der Waals surface area contributed by atoms with Gasteiger partial charge < -0.3 is 5.32 Å². The number of fused-ring (bicyclic) bond motifs is 3. The zero-order chi connectivity index (χ0) is 18.9. The van der Waals surface area contributed by atoms with Crippen molar-refractivity contribution in [2.24, 2.45) is 0 Å². The van der Waals surface area contributed by atoms with Gasteiger partial charge >= 0.3 is 6.03 Å². The SMILES string of the molecule is O=C1c2ccccc2C(=O)c2c1cccc2N1C(=O)NC2CS(=O)(=O)CC21. The molecule has 2 heterocycles. The number of nitrogens with zero attached hydrogens (tertiary/aromatic N) is 1. The first kappa shape index (κ1) is 16.2. The van der Waals surface area contributed by atoms with Crippen LogP contribution in [0.15, 0.2) is 42.5 Å². The van der Waals surface area contributed by atoms with Crippen LogP contribution in [0.4, 0.5) is 10.5 Å². The molecule has 2 aliphatic heterocycles. The van der Waals surface area contributed by atoms with E-state index >= 15 is 0 Å². The van der Waals surface area contributed by atoms with Crippen LogP contribution >= 0.6 is 0 Å². The molecule has 1 N–H and O–H groups in total. The number of carbonyl (C=O) groups is 3. The minimum absolute atomic E-state index is 0.120. The zero-order valence-electron chi connectivity index (χ0n) is 14.0. The fourth-order valence-corrected chi connectivity index (χ4v) is 6.11. The monoisotopic (exact) mass is 382 g/mol. The number of sulfone groups is 1. The van der Waals surface area contributed by atoms with Gasteiger partial charge in [-0.15, -0.1) is 0 Å². The summed E-state index contributed by atoms with van der Waals surface area (Å²) in [6.07, 6.45) is 0. The molecule has 3 aliphatic rings. The molecule has 0 spiro atoms. The highest BCUT2D eigenvalue weighted by Crippen LogP contribution is 2.37. The van der Waals surface area contributed by atoms with Gasteiger partial charge in [-0.05, 0) is 6.07 Å². The van der Waals surface area contributed by atoms with Gasteiger partial charge in [0.15, 0.2) is 21.4 Å². The molecule has 0 bridgehead atoms. The molecule has 2 aromatic rings. The van der Waals surface area contributed by atoms with Gasteiger partial charge in [-0.25, -0.2) is 13.2 Å². The highest BCUT2D eigenvalue weighted by Gasteiger charge is 2.50. The average molecular weight is 382 g/mol.